The molecule has 2 rings (SSSR count). The molecule has 1 aromatic heterocycles. The Balaban J connectivity index is 0.00000200. The van der Waals surface area contributed by atoms with Crippen molar-refractivity contribution < 1.29 is 4.79 Å². The molecule has 0 radical (unpaired) electrons. The van der Waals surface area contributed by atoms with E-state index in [1.54, 1.807) is 11.0 Å². The lowest BCUT2D eigenvalue weighted by molar-refractivity contribution is -0.117. The first-order valence-corrected chi connectivity index (χ1v) is 6.17. The van der Waals surface area contributed by atoms with Crippen LogP contribution in [0.5, 0.6) is 0 Å². The first-order chi connectivity index (χ1) is 9.20. The summed E-state index contributed by atoms with van der Waals surface area (Å²) in [5.41, 5.74) is 7.43. The van der Waals surface area contributed by atoms with Crippen LogP contribution in [0.1, 0.15) is 18.9 Å². The first-order valence-electron chi connectivity index (χ1n) is 6.17. The molecule has 0 unspecified atom stereocenters. The molecule has 3 N–H and O–H groups in total. The lowest BCUT2D eigenvalue weighted by Crippen LogP contribution is -2.35. The van der Waals surface area contributed by atoms with Crippen molar-refractivity contribution in [3.63, 3.8) is 0 Å². The summed E-state index contributed by atoms with van der Waals surface area (Å²) in [4.78, 5) is 15.7. The van der Waals surface area contributed by atoms with E-state index < -0.39 is 6.04 Å². The topological polar surface area (TPSA) is 85.8 Å². The molecule has 1 aromatic carbocycles. The number of benzene rings is 1. The number of rotatable bonds is 5. The molecule has 1 heterocycles. The highest BCUT2D eigenvalue weighted by Crippen LogP contribution is 2.16. The number of halogens is 2. The Morgan fingerprint density at radius 2 is 2.10 bits per heavy atom. The maximum Gasteiger partial charge on any atom is 0.241 e. The molecule has 1 atom stereocenters. The predicted molar refractivity (Wildman–Crippen MR) is 87.0 cm³/mol. The van der Waals surface area contributed by atoms with Gasteiger partial charge >= 0.3 is 0 Å². The first kappa shape index (κ1) is 19.4. The summed E-state index contributed by atoms with van der Waals surface area (Å²) < 4.78 is 1.70. The van der Waals surface area contributed by atoms with E-state index >= 15 is 0 Å². The molecule has 0 bridgehead atoms. The van der Waals surface area contributed by atoms with Crippen molar-refractivity contribution in [2.24, 2.45) is 5.73 Å². The van der Waals surface area contributed by atoms with Crippen LogP contribution in [-0.2, 0) is 11.3 Å². The Morgan fingerprint density at radius 1 is 1.38 bits per heavy atom. The van der Waals surface area contributed by atoms with E-state index in [0.717, 1.165) is 11.3 Å². The fraction of sp³-hybridized carbons (Fsp3) is 0.308. The molecular weight excluding hydrogens is 313 g/mol. The smallest absolute Gasteiger partial charge is 0.241 e. The standard InChI is InChI=1S/C13H17N5O.2ClH/c1-2-11(14)13(19)17-12-6-4-3-5-10(12)7-18-9-15-8-16-18;;/h3-6,8-9,11H,2,7,14H2,1H3,(H,17,19);2*1H/t11-;;/m0../s1. The largest absolute Gasteiger partial charge is 0.324 e. The quantitative estimate of drug-likeness (QED) is 0.875. The number of nitrogens with two attached hydrogens (primary N) is 1. The Kier molecular flexibility index (Phi) is 8.61. The van der Waals surface area contributed by atoms with Gasteiger partial charge in [0.25, 0.3) is 0 Å². The van der Waals surface area contributed by atoms with E-state index in [-0.39, 0.29) is 30.7 Å². The summed E-state index contributed by atoms with van der Waals surface area (Å²) in [7, 11) is 0. The number of hydrogen-bond donors (Lipinski definition) is 2. The summed E-state index contributed by atoms with van der Waals surface area (Å²) in [6.07, 6.45) is 3.72. The van der Waals surface area contributed by atoms with Crippen LogP contribution in [0, 0.1) is 0 Å². The molecule has 21 heavy (non-hydrogen) atoms. The Bertz CT molecular complexity index is 547. The lowest BCUT2D eigenvalue weighted by atomic mass is 10.1. The van der Waals surface area contributed by atoms with Gasteiger partial charge in [0.05, 0.1) is 12.6 Å². The number of carbonyl (C=O) groups is 1. The number of aromatic nitrogens is 3. The zero-order chi connectivity index (χ0) is 13.7. The van der Waals surface area contributed by atoms with Crippen molar-refractivity contribution in [3.05, 3.63) is 42.5 Å². The van der Waals surface area contributed by atoms with Crippen LogP contribution in [0.4, 0.5) is 5.69 Å². The number of amides is 1. The summed E-state index contributed by atoms with van der Waals surface area (Å²) in [6.45, 7) is 2.43. The van der Waals surface area contributed by atoms with Gasteiger partial charge < -0.3 is 11.1 Å². The van der Waals surface area contributed by atoms with Crippen molar-refractivity contribution in [2.45, 2.75) is 25.9 Å². The highest BCUT2D eigenvalue weighted by molar-refractivity contribution is 5.95. The van der Waals surface area contributed by atoms with Gasteiger partial charge in [-0.1, -0.05) is 25.1 Å². The van der Waals surface area contributed by atoms with Crippen LogP contribution in [0.25, 0.3) is 0 Å². The molecule has 0 aliphatic rings. The molecule has 6 nitrogen and oxygen atoms in total. The van der Waals surface area contributed by atoms with Crippen LogP contribution in [0.3, 0.4) is 0 Å². The SMILES string of the molecule is CC[C@H](N)C(=O)Nc1ccccc1Cn1cncn1.Cl.Cl. The van der Waals surface area contributed by atoms with Crippen LogP contribution in [0.15, 0.2) is 36.9 Å². The number of anilines is 1. The number of para-hydroxylation sites is 1. The maximum absolute atomic E-state index is 11.8. The normalized spacial score (nSPS) is 11.0. The molecule has 116 valence electrons. The van der Waals surface area contributed by atoms with Crippen molar-refractivity contribution in [3.8, 4) is 0 Å². The number of nitrogens with one attached hydrogen (secondary N) is 1. The average molecular weight is 332 g/mol. The van der Waals surface area contributed by atoms with Crippen LogP contribution in [0.2, 0.25) is 0 Å². The third-order valence-corrected chi connectivity index (χ3v) is 2.85. The highest BCUT2D eigenvalue weighted by atomic mass is 35.5. The fourth-order valence-corrected chi connectivity index (χ4v) is 1.68. The number of nitrogens with zero attached hydrogens (tertiary/aromatic N) is 3. The van der Waals surface area contributed by atoms with Crippen LogP contribution < -0.4 is 11.1 Å². The molecule has 0 saturated carbocycles. The highest BCUT2D eigenvalue weighted by Gasteiger charge is 2.12. The zero-order valence-electron chi connectivity index (χ0n) is 11.6. The minimum atomic E-state index is -0.487. The number of carbonyl (C=O) groups excluding carboxylic acids is 1. The van der Waals surface area contributed by atoms with Gasteiger partial charge in [-0.2, -0.15) is 5.10 Å². The molecule has 2 aromatic rings. The minimum Gasteiger partial charge on any atom is -0.324 e. The Labute approximate surface area is 135 Å². The van der Waals surface area contributed by atoms with Crippen molar-refractivity contribution in [2.75, 3.05) is 5.32 Å². The predicted octanol–water partition coefficient (Wildman–Crippen LogP) is 1.85. The molecule has 1 amide bonds. The van der Waals surface area contributed by atoms with Gasteiger partial charge in [-0.05, 0) is 18.1 Å². The zero-order valence-corrected chi connectivity index (χ0v) is 13.2. The van der Waals surface area contributed by atoms with Gasteiger partial charge in [-0.25, -0.2) is 9.67 Å². The van der Waals surface area contributed by atoms with E-state index in [9.17, 15) is 4.79 Å². The van der Waals surface area contributed by atoms with Crippen molar-refractivity contribution >= 4 is 36.4 Å². The second-order valence-corrected chi connectivity index (χ2v) is 4.25. The van der Waals surface area contributed by atoms with E-state index in [1.807, 2.05) is 31.2 Å². The van der Waals surface area contributed by atoms with Gasteiger partial charge in [-0.3, -0.25) is 4.79 Å². The van der Waals surface area contributed by atoms with Crippen molar-refractivity contribution in [1.29, 1.82) is 0 Å². The third kappa shape index (κ3) is 5.34. The van der Waals surface area contributed by atoms with E-state index in [0.29, 0.717) is 13.0 Å². The molecular formula is C13H19Cl2N5O. The van der Waals surface area contributed by atoms with Crippen LogP contribution in [-0.4, -0.2) is 26.7 Å². The van der Waals surface area contributed by atoms with Gasteiger partial charge in [0.1, 0.15) is 12.7 Å². The third-order valence-electron chi connectivity index (χ3n) is 2.85. The summed E-state index contributed by atoms with van der Waals surface area (Å²) in [5.74, 6) is -0.173. The summed E-state index contributed by atoms with van der Waals surface area (Å²) >= 11 is 0. The van der Waals surface area contributed by atoms with Crippen molar-refractivity contribution in [1.82, 2.24) is 14.8 Å². The number of hydrogen-bond acceptors (Lipinski definition) is 4. The van der Waals surface area contributed by atoms with Gasteiger partial charge in [0.15, 0.2) is 0 Å². The minimum absolute atomic E-state index is 0. The molecule has 8 heteroatoms. The average Bonchev–Trinajstić information content (AvgIpc) is 2.93. The van der Waals surface area contributed by atoms with E-state index in [2.05, 4.69) is 15.4 Å². The van der Waals surface area contributed by atoms with E-state index in [4.69, 9.17) is 5.73 Å². The Morgan fingerprint density at radius 3 is 2.71 bits per heavy atom. The Hall–Kier alpha value is -1.63. The summed E-state index contributed by atoms with van der Waals surface area (Å²) in [6, 6.07) is 7.10. The molecule has 0 saturated heterocycles. The second kappa shape index (κ2) is 9.33. The monoisotopic (exact) mass is 331 g/mol. The lowest BCUT2D eigenvalue weighted by Gasteiger charge is -2.13. The fourth-order valence-electron chi connectivity index (χ4n) is 1.68. The maximum atomic E-state index is 11.8. The van der Waals surface area contributed by atoms with E-state index in [1.165, 1.54) is 6.33 Å². The van der Waals surface area contributed by atoms with Crippen LogP contribution >= 0.6 is 24.8 Å². The molecule has 0 spiro atoms. The van der Waals surface area contributed by atoms with Gasteiger partial charge in [0, 0.05) is 5.69 Å². The van der Waals surface area contributed by atoms with Gasteiger partial charge in [0.2, 0.25) is 5.91 Å². The molecule has 0 fully saturated rings. The second-order valence-electron chi connectivity index (χ2n) is 4.25. The summed E-state index contributed by atoms with van der Waals surface area (Å²) in [5, 5.41) is 6.90. The van der Waals surface area contributed by atoms with Gasteiger partial charge in [-0.15, -0.1) is 24.8 Å². The molecule has 0 aliphatic carbocycles. The molecule has 0 aliphatic heterocycles.